The van der Waals surface area contributed by atoms with E-state index in [1.54, 1.807) is 0 Å². The fraction of sp³-hybridized carbons (Fsp3) is 0.600. The van der Waals surface area contributed by atoms with Gasteiger partial charge < -0.3 is 11.1 Å². The fourth-order valence-electron chi connectivity index (χ4n) is 0.377. The second kappa shape index (κ2) is 4.60. The summed E-state index contributed by atoms with van der Waals surface area (Å²) in [5.41, 5.74) is 5.18. The average molecular weight is 144 g/mol. The third-order valence-electron chi connectivity index (χ3n) is 0.820. The van der Waals surface area contributed by atoms with Gasteiger partial charge in [-0.1, -0.05) is 0 Å². The lowest BCUT2D eigenvalue weighted by Crippen LogP contribution is -2.43. The van der Waals surface area contributed by atoms with Crippen LogP contribution in [0.5, 0.6) is 0 Å². The molecule has 0 saturated carbocycles. The number of urea groups is 1. The van der Waals surface area contributed by atoms with Crippen LogP contribution in [0.2, 0.25) is 0 Å². The van der Waals surface area contributed by atoms with Crippen LogP contribution >= 0.6 is 0 Å². The molecular weight excluding hydrogens is 132 g/mol. The van der Waals surface area contributed by atoms with Gasteiger partial charge in [-0.2, -0.15) is 0 Å². The molecule has 10 heavy (non-hydrogen) atoms. The van der Waals surface area contributed by atoms with Gasteiger partial charge in [-0.3, -0.25) is 10.3 Å². The minimum Gasteiger partial charge on any atom is -0.370 e. The number of amides is 2. The van der Waals surface area contributed by atoms with Gasteiger partial charge in [0, 0.05) is 13.6 Å². The molecule has 0 aromatic rings. The summed E-state index contributed by atoms with van der Waals surface area (Å²) < 4.78 is 0. The molecule has 0 aromatic heterocycles. The molecule has 0 spiro atoms. The Balaban J connectivity index is 3.58. The van der Waals surface area contributed by atoms with Crippen LogP contribution in [0.15, 0.2) is 4.99 Å². The Kier molecular flexibility index (Phi) is 4.02. The predicted molar refractivity (Wildman–Crippen MR) is 39.8 cm³/mol. The summed E-state index contributed by atoms with van der Waals surface area (Å²) in [7, 11) is 1.50. The normalized spacial score (nSPS) is 10.8. The predicted octanol–water partition coefficient (Wildman–Crippen LogP) is -0.750. The maximum absolute atomic E-state index is 10.6. The van der Waals surface area contributed by atoms with Crippen molar-refractivity contribution in [2.45, 2.75) is 6.92 Å². The van der Waals surface area contributed by atoms with Crippen molar-refractivity contribution in [1.82, 2.24) is 10.6 Å². The zero-order chi connectivity index (χ0) is 7.98. The maximum atomic E-state index is 10.6. The highest BCUT2D eigenvalue weighted by atomic mass is 16.2. The Morgan fingerprint density at radius 1 is 1.70 bits per heavy atom. The first kappa shape index (κ1) is 8.74. The van der Waals surface area contributed by atoms with E-state index >= 15 is 0 Å². The minimum absolute atomic E-state index is 0.117. The number of nitrogens with zero attached hydrogens (tertiary/aromatic N) is 1. The van der Waals surface area contributed by atoms with E-state index in [9.17, 15) is 4.79 Å². The second-order valence-electron chi connectivity index (χ2n) is 1.59. The first-order valence-electron chi connectivity index (χ1n) is 2.97. The number of guanidine groups is 1. The van der Waals surface area contributed by atoms with E-state index in [1.807, 2.05) is 6.92 Å². The van der Waals surface area contributed by atoms with Crippen molar-refractivity contribution in [3.8, 4) is 0 Å². The van der Waals surface area contributed by atoms with Gasteiger partial charge >= 0.3 is 6.03 Å². The number of hydrogen-bond donors (Lipinski definition) is 3. The molecule has 0 unspecified atom stereocenters. The second-order valence-corrected chi connectivity index (χ2v) is 1.59. The first-order valence-corrected chi connectivity index (χ1v) is 2.97. The third-order valence-corrected chi connectivity index (χ3v) is 0.820. The highest BCUT2D eigenvalue weighted by molar-refractivity contribution is 5.95. The molecule has 4 N–H and O–H groups in total. The maximum Gasteiger partial charge on any atom is 0.321 e. The molecule has 0 saturated heterocycles. The Hall–Kier alpha value is -1.26. The summed E-state index contributed by atoms with van der Waals surface area (Å²) in [5, 5.41) is 4.81. The lowest BCUT2D eigenvalue weighted by molar-refractivity contribution is 0.245. The highest BCUT2D eigenvalue weighted by Gasteiger charge is 1.96. The van der Waals surface area contributed by atoms with E-state index < -0.39 is 0 Å². The molecular formula is C5H12N4O. The summed E-state index contributed by atoms with van der Waals surface area (Å²) in [4.78, 5) is 14.2. The van der Waals surface area contributed by atoms with Gasteiger partial charge in [0.1, 0.15) is 0 Å². The molecule has 0 radical (unpaired) electrons. The zero-order valence-corrected chi connectivity index (χ0v) is 6.14. The molecule has 2 amide bonds. The van der Waals surface area contributed by atoms with Crippen molar-refractivity contribution in [1.29, 1.82) is 0 Å². The summed E-state index contributed by atoms with van der Waals surface area (Å²) in [6.07, 6.45) is 0. The summed E-state index contributed by atoms with van der Waals surface area (Å²) in [6, 6.07) is -0.328. The Bertz CT molecular complexity index is 143. The molecule has 0 aliphatic carbocycles. The fourth-order valence-corrected chi connectivity index (χ4v) is 0.377. The number of nitrogens with one attached hydrogen (secondary N) is 2. The van der Waals surface area contributed by atoms with Crippen LogP contribution in [0.25, 0.3) is 0 Å². The van der Waals surface area contributed by atoms with Crippen LogP contribution in [-0.4, -0.2) is 25.6 Å². The average Bonchev–Trinajstić information content (AvgIpc) is 1.88. The van der Waals surface area contributed by atoms with Gasteiger partial charge in [0.15, 0.2) is 5.96 Å². The zero-order valence-electron chi connectivity index (χ0n) is 6.14. The molecule has 0 atom stereocenters. The van der Waals surface area contributed by atoms with Crippen molar-refractivity contribution in [2.75, 3.05) is 13.6 Å². The molecule has 0 fully saturated rings. The molecule has 0 rings (SSSR count). The third kappa shape index (κ3) is 3.71. The summed E-state index contributed by atoms with van der Waals surface area (Å²) in [6.45, 7) is 2.39. The number of rotatable bonds is 1. The summed E-state index contributed by atoms with van der Waals surface area (Å²) in [5.74, 6) is 0.117. The summed E-state index contributed by atoms with van der Waals surface area (Å²) >= 11 is 0. The lowest BCUT2D eigenvalue weighted by atomic mass is 10.7. The highest BCUT2D eigenvalue weighted by Crippen LogP contribution is 1.63. The lowest BCUT2D eigenvalue weighted by Gasteiger charge is -2.02. The number of carbonyl (C=O) groups is 1. The molecule has 5 nitrogen and oxygen atoms in total. The van der Waals surface area contributed by atoms with Gasteiger partial charge in [0.25, 0.3) is 0 Å². The molecule has 0 heterocycles. The molecule has 0 aliphatic heterocycles. The van der Waals surface area contributed by atoms with E-state index in [2.05, 4.69) is 15.6 Å². The molecule has 0 aliphatic rings. The number of carbonyl (C=O) groups excluding carboxylic acids is 1. The number of aliphatic imine (C=N–C) groups is 1. The van der Waals surface area contributed by atoms with Crippen LogP contribution in [-0.2, 0) is 0 Å². The Morgan fingerprint density at radius 3 is 2.70 bits per heavy atom. The molecule has 5 heteroatoms. The Morgan fingerprint density at radius 2 is 2.30 bits per heavy atom. The van der Waals surface area contributed by atoms with Crippen LogP contribution < -0.4 is 16.4 Å². The Labute approximate surface area is 59.7 Å². The van der Waals surface area contributed by atoms with E-state index in [1.165, 1.54) is 7.05 Å². The minimum atomic E-state index is -0.328. The quantitative estimate of drug-likeness (QED) is 0.334. The van der Waals surface area contributed by atoms with Gasteiger partial charge in [-0.15, -0.1) is 0 Å². The molecule has 0 bridgehead atoms. The first-order chi connectivity index (χ1) is 4.70. The SMILES string of the molecule is CCNC(=O)NC(N)=NC. The van der Waals surface area contributed by atoms with Crippen molar-refractivity contribution >= 4 is 12.0 Å². The van der Waals surface area contributed by atoms with Crippen LogP contribution in [0, 0.1) is 0 Å². The van der Waals surface area contributed by atoms with Crippen molar-refractivity contribution in [3.63, 3.8) is 0 Å². The van der Waals surface area contributed by atoms with Gasteiger partial charge in [0.2, 0.25) is 0 Å². The topological polar surface area (TPSA) is 79.5 Å². The van der Waals surface area contributed by atoms with Crippen molar-refractivity contribution in [2.24, 2.45) is 10.7 Å². The van der Waals surface area contributed by atoms with Gasteiger partial charge in [-0.25, -0.2) is 4.79 Å². The smallest absolute Gasteiger partial charge is 0.321 e. The number of nitrogens with two attached hydrogens (primary N) is 1. The molecule has 0 aromatic carbocycles. The van der Waals surface area contributed by atoms with E-state index in [0.717, 1.165) is 0 Å². The van der Waals surface area contributed by atoms with Crippen LogP contribution in [0.1, 0.15) is 6.92 Å². The van der Waals surface area contributed by atoms with Gasteiger partial charge in [-0.05, 0) is 6.92 Å². The largest absolute Gasteiger partial charge is 0.370 e. The van der Waals surface area contributed by atoms with E-state index in [-0.39, 0.29) is 12.0 Å². The van der Waals surface area contributed by atoms with Crippen LogP contribution in [0.3, 0.4) is 0 Å². The monoisotopic (exact) mass is 144 g/mol. The van der Waals surface area contributed by atoms with Crippen LogP contribution in [0.4, 0.5) is 4.79 Å². The molecule has 58 valence electrons. The van der Waals surface area contributed by atoms with E-state index in [0.29, 0.717) is 6.54 Å². The van der Waals surface area contributed by atoms with Crippen molar-refractivity contribution < 1.29 is 4.79 Å². The number of hydrogen-bond acceptors (Lipinski definition) is 2. The van der Waals surface area contributed by atoms with Crippen molar-refractivity contribution in [3.05, 3.63) is 0 Å². The van der Waals surface area contributed by atoms with E-state index in [4.69, 9.17) is 5.73 Å². The van der Waals surface area contributed by atoms with Gasteiger partial charge in [0.05, 0.1) is 0 Å². The standard InChI is InChI=1S/C5H12N4O/c1-3-8-5(10)9-4(6)7-2/h3H2,1-2H3,(H4,6,7,8,9,10).